The fourth-order valence-electron chi connectivity index (χ4n) is 2.52. The summed E-state index contributed by atoms with van der Waals surface area (Å²) in [5.74, 6) is -2.76. The average Bonchev–Trinajstić information content (AvgIpc) is 2.67. The second-order valence-corrected chi connectivity index (χ2v) is 4.67. The van der Waals surface area contributed by atoms with Crippen LogP contribution >= 0.6 is 0 Å². The molecule has 1 saturated heterocycles. The predicted molar refractivity (Wildman–Crippen MR) is 56.7 cm³/mol. The summed E-state index contributed by atoms with van der Waals surface area (Å²) in [6.07, 6.45) is 5.09. The maximum absolute atomic E-state index is 10.6. The standard InChI is InChI=1S/C9H17N.C2HF3O2/c1-2-5-9(6-3-1)7-4-8-10-9;3-2(4,5)1(6)7/h10H,1-8H2;(H,6,7). The Labute approximate surface area is 98.4 Å². The van der Waals surface area contributed by atoms with Crippen molar-refractivity contribution >= 4 is 5.97 Å². The number of carboxylic acid groups (broad SMARTS) is 1. The van der Waals surface area contributed by atoms with Gasteiger partial charge in [-0.15, -0.1) is 0 Å². The molecule has 0 radical (unpaired) electrons. The van der Waals surface area contributed by atoms with E-state index in [1.807, 2.05) is 0 Å². The van der Waals surface area contributed by atoms with Crippen molar-refractivity contribution in [2.45, 2.75) is 56.7 Å². The molecule has 0 aromatic heterocycles. The number of halogens is 3. The second kappa shape index (κ2) is 5.71. The first kappa shape index (κ1) is 14.3. The van der Waals surface area contributed by atoms with Crippen molar-refractivity contribution < 1.29 is 23.1 Å². The van der Waals surface area contributed by atoms with Gasteiger partial charge in [0.2, 0.25) is 0 Å². The minimum Gasteiger partial charge on any atom is -0.475 e. The molecule has 100 valence electrons. The molecule has 0 aromatic rings. The number of hydrogen-bond donors (Lipinski definition) is 2. The summed E-state index contributed by atoms with van der Waals surface area (Å²) >= 11 is 0. The third-order valence-corrected chi connectivity index (χ3v) is 3.39. The van der Waals surface area contributed by atoms with Gasteiger partial charge in [-0.05, 0) is 32.2 Å². The third-order valence-electron chi connectivity index (χ3n) is 3.39. The largest absolute Gasteiger partial charge is 0.490 e. The van der Waals surface area contributed by atoms with Crippen LogP contribution in [0.4, 0.5) is 13.2 Å². The average molecular weight is 253 g/mol. The van der Waals surface area contributed by atoms with Crippen molar-refractivity contribution in [3.8, 4) is 0 Å². The van der Waals surface area contributed by atoms with E-state index in [2.05, 4.69) is 5.32 Å². The number of hydrogen-bond acceptors (Lipinski definition) is 2. The van der Waals surface area contributed by atoms with Gasteiger partial charge >= 0.3 is 12.1 Å². The Kier molecular flexibility index (Phi) is 4.80. The molecule has 2 fully saturated rings. The van der Waals surface area contributed by atoms with Crippen LogP contribution in [0.3, 0.4) is 0 Å². The SMILES string of the molecule is C1CCC2(CC1)CCCN2.O=C(O)C(F)(F)F. The van der Waals surface area contributed by atoms with E-state index in [0.717, 1.165) is 0 Å². The van der Waals surface area contributed by atoms with Gasteiger partial charge in [-0.1, -0.05) is 19.3 Å². The minimum atomic E-state index is -5.08. The molecule has 1 aliphatic heterocycles. The molecule has 3 nitrogen and oxygen atoms in total. The highest BCUT2D eigenvalue weighted by atomic mass is 19.4. The smallest absolute Gasteiger partial charge is 0.475 e. The number of nitrogens with one attached hydrogen (secondary N) is 1. The normalized spacial score (nSPS) is 23.0. The van der Waals surface area contributed by atoms with Crippen LogP contribution in [0.5, 0.6) is 0 Å². The first-order chi connectivity index (χ1) is 7.86. The fourth-order valence-corrected chi connectivity index (χ4v) is 2.52. The van der Waals surface area contributed by atoms with E-state index in [-0.39, 0.29) is 0 Å². The van der Waals surface area contributed by atoms with Crippen molar-refractivity contribution in [1.82, 2.24) is 5.32 Å². The van der Waals surface area contributed by atoms with Crippen molar-refractivity contribution in [2.75, 3.05) is 6.54 Å². The summed E-state index contributed by atoms with van der Waals surface area (Å²) < 4.78 is 31.7. The molecule has 1 aliphatic carbocycles. The number of carbonyl (C=O) groups is 1. The molecule has 2 aliphatic rings. The number of alkyl halides is 3. The van der Waals surface area contributed by atoms with Crippen LogP contribution < -0.4 is 5.32 Å². The molecular weight excluding hydrogens is 235 g/mol. The topological polar surface area (TPSA) is 49.3 Å². The Balaban J connectivity index is 0.000000185. The van der Waals surface area contributed by atoms with E-state index < -0.39 is 12.1 Å². The predicted octanol–water partition coefficient (Wildman–Crippen LogP) is 2.71. The summed E-state index contributed by atoms with van der Waals surface area (Å²) in [5, 5.41) is 10.8. The zero-order valence-electron chi connectivity index (χ0n) is 9.65. The molecule has 0 aromatic carbocycles. The van der Waals surface area contributed by atoms with E-state index in [1.54, 1.807) is 0 Å². The molecule has 1 spiro atoms. The van der Waals surface area contributed by atoms with E-state index in [9.17, 15) is 13.2 Å². The number of carboxylic acids is 1. The lowest BCUT2D eigenvalue weighted by Gasteiger charge is -2.33. The van der Waals surface area contributed by atoms with E-state index in [4.69, 9.17) is 9.90 Å². The first-order valence-corrected chi connectivity index (χ1v) is 5.91. The van der Waals surface area contributed by atoms with Gasteiger partial charge in [-0.2, -0.15) is 13.2 Å². The van der Waals surface area contributed by atoms with E-state index in [1.165, 1.54) is 51.5 Å². The fraction of sp³-hybridized carbons (Fsp3) is 0.909. The van der Waals surface area contributed by atoms with E-state index in [0.29, 0.717) is 5.54 Å². The molecule has 1 heterocycles. The summed E-state index contributed by atoms with van der Waals surface area (Å²) in [6, 6.07) is 0. The first-order valence-electron chi connectivity index (χ1n) is 5.91. The highest BCUT2D eigenvalue weighted by molar-refractivity contribution is 5.73. The van der Waals surface area contributed by atoms with Crippen LogP contribution in [-0.4, -0.2) is 29.3 Å². The van der Waals surface area contributed by atoms with Gasteiger partial charge in [-0.3, -0.25) is 0 Å². The molecule has 17 heavy (non-hydrogen) atoms. The van der Waals surface area contributed by atoms with Gasteiger partial charge in [0.05, 0.1) is 0 Å². The summed E-state index contributed by atoms with van der Waals surface area (Å²) in [7, 11) is 0. The molecule has 2 N–H and O–H groups in total. The Bertz CT molecular complexity index is 252. The lowest BCUT2D eigenvalue weighted by Crippen LogP contribution is -2.41. The summed E-state index contributed by atoms with van der Waals surface area (Å²) in [4.78, 5) is 8.90. The Hall–Kier alpha value is -0.780. The molecule has 0 atom stereocenters. The highest BCUT2D eigenvalue weighted by Gasteiger charge is 2.38. The molecule has 0 unspecified atom stereocenters. The number of aliphatic carboxylic acids is 1. The lowest BCUT2D eigenvalue weighted by atomic mass is 9.81. The molecule has 1 saturated carbocycles. The van der Waals surface area contributed by atoms with Crippen molar-refractivity contribution in [3.05, 3.63) is 0 Å². The second-order valence-electron chi connectivity index (χ2n) is 4.67. The van der Waals surface area contributed by atoms with E-state index >= 15 is 0 Å². The minimum absolute atomic E-state index is 0.623. The van der Waals surface area contributed by atoms with Crippen LogP contribution in [0, 0.1) is 0 Å². The van der Waals surface area contributed by atoms with Gasteiger partial charge in [0.15, 0.2) is 0 Å². The number of rotatable bonds is 0. The summed E-state index contributed by atoms with van der Waals surface area (Å²) in [5.41, 5.74) is 0.623. The van der Waals surface area contributed by atoms with Crippen LogP contribution in [0.2, 0.25) is 0 Å². The molecule has 6 heteroatoms. The van der Waals surface area contributed by atoms with Gasteiger partial charge in [0, 0.05) is 5.54 Å². The highest BCUT2D eigenvalue weighted by Crippen LogP contribution is 2.34. The Morgan fingerprint density at radius 3 is 1.88 bits per heavy atom. The zero-order chi connectivity index (χ0) is 12.9. The van der Waals surface area contributed by atoms with Crippen molar-refractivity contribution in [3.63, 3.8) is 0 Å². The Morgan fingerprint density at radius 2 is 1.53 bits per heavy atom. The summed E-state index contributed by atoms with van der Waals surface area (Å²) in [6.45, 7) is 1.28. The van der Waals surface area contributed by atoms with Crippen molar-refractivity contribution in [1.29, 1.82) is 0 Å². The van der Waals surface area contributed by atoms with Crippen LogP contribution in [0.1, 0.15) is 44.9 Å². The van der Waals surface area contributed by atoms with Gasteiger partial charge < -0.3 is 10.4 Å². The molecule has 0 bridgehead atoms. The van der Waals surface area contributed by atoms with Gasteiger partial charge in [-0.25, -0.2) is 4.79 Å². The monoisotopic (exact) mass is 253 g/mol. The van der Waals surface area contributed by atoms with Crippen LogP contribution in [0.25, 0.3) is 0 Å². The molecule has 2 rings (SSSR count). The Morgan fingerprint density at radius 1 is 1.06 bits per heavy atom. The quantitative estimate of drug-likeness (QED) is 0.698. The maximum atomic E-state index is 10.6. The third kappa shape index (κ3) is 4.53. The molecule has 0 amide bonds. The van der Waals surface area contributed by atoms with Crippen LogP contribution in [-0.2, 0) is 4.79 Å². The van der Waals surface area contributed by atoms with Crippen LogP contribution in [0.15, 0.2) is 0 Å². The maximum Gasteiger partial charge on any atom is 0.490 e. The molecular formula is C11H18F3NO2. The van der Waals surface area contributed by atoms with Crippen molar-refractivity contribution in [2.24, 2.45) is 0 Å². The van der Waals surface area contributed by atoms with Gasteiger partial charge in [0.25, 0.3) is 0 Å². The zero-order valence-corrected chi connectivity index (χ0v) is 9.65. The van der Waals surface area contributed by atoms with Gasteiger partial charge in [0.1, 0.15) is 0 Å². The lowest BCUT2D eigenvalue weighted by molar-refractivity contribution is -0.192.